The Morgan fingerprint density at radius 1 is 0.627 bits per heavy atom. The molecule has 6 heteroatoms. The maximum absolute atomic E-state index is 9.93. The van der Waals surface area contributed by atoms with Gasteiger partial charge >= 0.3 is 0 Å². The molecule has 9 rings (SSSR count). The molecule has 1 unspecified atom stereocenters. The van der Waals surface area contributed by atoms with Gasteiger partial charge < -0.3 is 4.57 Å². The zero-order valence-electron chi connectivity index (χ0n) is 32.3. The number of nitrogens with zero attached hydrogens (tertiary/aromatic N) is 6. The van der Waals surface area contributed by atoms with Gasteiger partial charge in [0, 0.05) is 38.6 Å². The molecule has 280 valence electrons. The van der Waals surface area contributed by atoms with E-state index in [0.29, 0.717) is 34.5 Å². The Kier molecular flexibility index (Phi) is 10.1. The second-order valence-electron chi connectivity index (χ2n) is 14.6. The van der Waals surface area contributed by atoms with E-state index in [1.807, 2.05) is 91.0 Å². The molecule has 0 fully saturated rings. The van der Waals surface area contributed by atoms with E-state index >= 15 is 0 Å². The van der Waals surface area contributed by atoms with Crippen molar-refractivity contribution in [2.75, 3.05) is 0 Å². The van der Waals surface area contributed by atoms with Crippen LogP contribution in [0.1, 0.15) is 36.2 Å². The second-order valence-corrected chi connectivity index (χ2v) is 14.6. The number of rotatable bonds is 10. The molecule has 6 nitrogen and oxygen atoms in total. The summed E-state index contributed by atoms with van der Waals surface area (Å²) in [5.41, 5.74) is 10.6. The van der Waals surface area contributed by atoms with Crippen molar-refractivity contribution in [3.63, 3.8) is 0 Å². The Morgan fingerprint density at radius 3 is 1.66 bits per heavy atom. The van der Waals surface area contributed by atoms with Crippen molar-refractivity contribution in [2.45, 2.75) is 19.3 Å². The monoisotopic (exact) mass is 758 g/mol. The van der Waals surface area contributed by atoms with Crippen LogP contribution >= 0.6 is 0 Å². The Morgan fingerprint density at radius 2 is 1.15 bits per heavy atom. The molecule has 0 amide bonds. The van der Waals surface area contributed by atoms with Crippen molar-refractivity contribution >= 4 is 27.4 Å². The van der Waals surface area contributed by atoms with E-state index in [-0.39, 0.29) is 0 Å². The molecule has 1 atom stereocenters. The molecule has 0 aliphatic heterocycles. The molecular formula is C53H38N6. The molecule has 6 aromatic carbocycles. The predicted octanol–water partition coefficient (Wildman–Crippen LogP) is 12.9. The van der Waals surface area contributed by atoms with Crippen LogP contribution in [0.3, 0.4) is 0 Å². The van der Waals surface area contributed by atoms with E-state index < -0.39 is 0 Å². The van der Waals surface area contributed by atoms with Gasteiger partial charge in [-0.15, -0.1) is 0 Å². The average Bonchev–Trinajstić information content (AvgIpc) is 3.63. The number of aromatic nitrogens is 4. The average molecular weight is 759 g/mol. The number of nitriles is 2. The van der Waals surface area contributed by atoms with Gasteiger partial charge in [-0.3, -0.25) is 0 Å². The van der Waals surface area contributed by atoms with Gasteiger partial charge in [-0.2, -0.15) is 10.5 Å². The first kappa shape index (κ1) is 36.7. The molecular weight excluding hydrogens is 721 g/mol. The van der Waals surface area contributed by atoms with Crippen LogP contribution in [0.25, 0.3) is 78.1 Å². The van der Waals surface area contributed by atoms with Gasteiger partial charge in [-0.25, -0.2) is 15.0 Å². The van der Waals surface area contributed by atoms with Gasteiger partial charge in [-0.05, 0) is 84.8 Å². The SMILES string of the molecule is C=C/C=C\CCC1C=CC(c2nc(-c3ccccc3)nc(-c3cc(-c4ccccc4)c(-n4c5ccc(C#N)cc5c5cc(C#N)ccc54)c(-c4ccccc4)c3)n2)=CC1. The summed E-state index contributed by atoms with van der Waals surface area (Å²) < 4.78 is 2.27. The summed E-state index contributed by atoms with van der Waals surface area (Å²) in [4.78, 5) is 15.5. The van der Waals surface area contributed by atoms with Crippen LogP contribution in [0.2, 0.25) is 0 Å². The molecule has 1 aliphatic rings. The number of fused-ring (bicyclic) bond motifs is 3. The minimum Gasteiger partial charge on any atom is -0.308 e. The molecule has 2 aromatic heterocycles. The highest BCUT2D eigenvalue weighted by molar-refractivity contribution is 6.11. The summed E-state index contributed by atoms with van der Waals surface area (Å²) in [6, 6.07) is 51.4. The first-order valence-electron chi connectivity index (χ1n) is 19.8. The standard InChI is InChI=1S/C53H38N6/c1-2-3-4-8-15-36-22-26-42(27-23-36)52-56-51(41-20-13-7-14-21-41)57-53(58-52)43-32-44(39-16-9-5-10-17-39)50(45(33-43)40-18-11-6-12-19-40)59-48-28-24-37(34-54)30-46(48)47-31-38(35-55)25-29-49(47)59/h2-7,9-14,16-22,24-33,36H,1,8,15,23H2/b4-3-. The maximum Gasteiger partial charge on any atom is 0.164 e. The van der Waals surface area contributed by atoms with Crippen LogP contribution in [-0.2, 0) is 0 Å². The third kappa shape index (κ3) is 7.28. The van der Waals surface area contributed by atoms with Gasteiger partial charge in [0.1, 0.15) is 0 Å². The lowest BCUT2D eigenvalue weighted by Gasteiger charge is -2.21. The lowest BCUT2D eigenvalue weighted by molar-refractivity contribution is 0.603. The number of hydrogen-bond donors (Lipinski definition) is 0. The highest BCUT2D eigenvalue weighted by Crippen LogP contribution is 2.44. The molecule has 59 heavy (non-hydrogen) atoms. The largest absolute Gasteiger partial charge is 0.308 e. The third-order valence-electron chi connectivity index (χ3n) is 10.9. The Balaban J connectivity index is 1.30. The van der Waals surface area contributed by atoms with Crippen molar-refractivity contribution in [3.05, 3.63) is 200 Å². The van der Waals surface area contributed by atoms with Crippen molar-refractivity contribution < 1.29 is 0 Å². The highest BCUT2D eigenvalue weighted by atomic mass is 15.0. The zero-order valence-corrected chi connectivity index (χ0v) is 32.3. The molecule has 1 aliphatic carbocycles. The molecule has 2 heterocycles. The molecule has 0 spiro atoms. The predicted molar refractivity (Wildman–Crippen MR) is 239 cm³/mol. The summed E-state index contributed by atoms with van der Waals surface area (Å²) in [7, 11) is 0. The summed E-state index contributed by atoms with van der Waals surface area (Å²) in [5, 5.41) is 21.7. The van der Waals surface area contributed by atoms with E-state index in [2.05, 4.69) is 108 Å². The van der Waals surface area contributed by atoms with Gasteiger partial charge in [0.2, 0.25) is 0 Å². The summed E-state index contributed by atoms with van der Waals surface area (Å²) in [6.45, 7) is 3.79. The summed E-state index contributed by atoms with van der Waals surface area (Å²) in [5.74, 6) is 2.24. The molecule has 0 N–H and O–H groups in total. The molecule has 0 saturated carbocycles. The molecule has 8 aromatic rings. The summed E-state index contributed by atoms with van der Waals surface area (Å²) in [6.07, 6.45) is 15.6. The number of benzene rings is 6. The van der Waals surface area contributed by atoms with Crippen LogP contribution in [-0.4, -0.2) is 19.5 Å². The Hall–Kier alpha value is -7.93. The van der Waals surface area contributed by atoms with Crippen molar-refractivity contribution in [3.8, 4) is 62.9 Å². The van der Waals surface area contributed by atoms with Gasteiger partial charge in [0.15, 0.2) is 17.5 Å². The van der Waals surface area contributed by atoms with E-state index in [4.69, 9.17) is 15.0 Å². The first-order chi connectivity index (χ1) is 29.1. The van der Waals surface area contributed by atoms with Crippen LogP contribution in [0.4, 0.5) is 0 Å². The maximum atomic E-state index is 9.93. The van der Waals surface area contributed by atoms with Crippen LogP contribution in [0, 0.1) is 28.6 Å². The quantitative estimate of drug-likeness (QED) is 0.130. The molecule has 0 bridgehead atoms. The normalized spacial score (nSPS) is 13.7. The van der Waals surface area contributed by atoms with Crippen molar-refractivity contribution in [1.82, 2.24) is 19.5 Å². The lowest BCUT2D eigenvalue weighted by Crippen LogP contribution is -2.06. The van der Waals surface area contributed by atoms with Gasteiger partial charge in [0.25, 0.3) is 0 Å². The van der Waals surface area contributed by atoms with E-state index in [9.17, 15) is 10.5 Å². The van der Waals surface area contributed by atoms with Crippen molar-refractivity contribution in [1.29, 1.82) is 10.5 Å². The van der Waals surface area contributed by atoms with E-state index in [0.717, 1.165) is 85.7 Å². The lowest BCUT2D eigenvalue weighted by atomic mass is 9.92. The topological polar surface area (TPSA) is 91.2 Å². The molecule has 0 radical (unpaired) electrons. The van der Waals surface area contributed by atoms with Gasteiger partial charge in [-0.1, -0.05) is 134 Å². The Bertz CT molecular complexity index is 2920. The smallest absolute Gasteiger partial charge is 0.164 e. The van der Waals surface area contributed by atoms with Crippen LogP contribution in [0.5, 0.6) is 0 Å². The zero-order chi connectivity index (χ0) is 40.1. The van der Waals surface area contributed by atoms with Crippen LogP contribution < -0.4 is 0 Å². The Labute approximate surface area is 343 Å². The fourth-order valence-electron chi connectivity index (χ4n) is 7.98. The van der Waals surface area contributed by atoms with Crippen molar-refractivity contribution in [2.24, 2.45) is 5.92 Å². The van der Waals surface area contributed by atoms with E-state index in [1.165, 1.54) is 0 Å². The first-order valence-corrected chi connectivity index (χ1v) is 19.8. The number of hydrogen-bond acceptors (Lipinski definition) is 5. The third-order valence-corrected chi connectivity index (χ3v) is 10.9. The highest BCUT2D eigenvalue weighted by Gasteiger charge is 2.24. The van der Waals surface area contributed by atoms with Gasteiger partial charge in [0.05, 0.1) is 40.0 Å². The second kappa shape index (κ2) is 16.3. The van der Waals surface area contributed by atoms with Crippen LogP contribution in [0.15, 0.2) is 183 Å². The fraction of sp³-hybridized carbons (Fsp3) is 0.0755. The summed E-state index contributed by atoms with van der Waals surface area (Å²) >= 11 is 0. The van der Waals surface area contributed by atoms with E-state index in [1.54, 1.807) is 0 Å². The molecule has 0 saturated heterocycles. The minimum atomic E-state index is 0.441. The fourth-order valence-corrected chi connectivity index (χ4v) is 7.98. The number of allylic oxidation sites excluding steroid dienone is 7. The minimum absolute atomic E-state index is 0.441.